The number of ether oxygens (including phenoxy) is 2. The fourth-order valence-electron chi connectivity index (χ4n) is 5.13. The molecule has 0 bridgehead atoms. The Morgan fingerprint density at radius 3 is 2.59 bits per heavy atom. The lowest BCUT2D eigenvalue weighted by Crippen LogP contribution is -2.66. The van der Waals surface area contributed by atoms with Gasteiger partial charge in [0, 0.05) is 29.9 Å². The Balaban J connectivity index is 1.41. The van der Waals surface area contributed by atoms with Gasteiger partial charge in [0.2, 0.25) is 5.82 Å². The maximum atomic E-state index is 11.7. The highest BCUT2D eigenvalue weighted by atomic mass is 16.7. The van der Waals surface area contributed by atoms with E-state index in [2.05, 4.69) is 40.5 Å². The Hall–Kier alpha value is -3.43. The molecule has 5 rings (SSSR count). The summed E-state index contributed by atoms with van der Waals surface area (Å²) in [5.74, 6) is 0.298. The van der Waals surface area contributed by atoms with E-state index in [-0.39, 0.29) is 13.2 Å². The fourth-order valence-corrected chi connectivity index (χ4v) is 5.13. The predicted octanol–water partition coefficient (Wildman–Crippen LogP) is 4.90. The van der Waals surface area contributed by atoms with Crippen molar-refractivity contribution >= 4 is 11.8 Å². The van der Waals surface area contributed by atoms with Crippen molar-refractivity contribution in [2.75, 3.05) is 31.2 Å². The number of carbonyl (C=O) groups is 1. The third kappa shape index (κ3) is 5.47. The first kappa shape index (κ1) is 25.2. The van der Waals surface area contributed by atoms with E-state index in [1.807, 2.05) is 38.1 Å². The molecule has 1 amide bonds. The molecule has 2 aliphatic rings. The van der Waals surface area contributed by atoms with Crippen molar-refractivity contribution < 1.29 is 23.9 Å². The summed E-state index contributed by atoms with van der Waals surface area (Å²) >= 11 is 0. The van der Waals surface area contributed by atoms with Crippen LogP contribution in [0.3, 0.4) is 0 Å². The van der Waals surface area contributed by atoms with Gasteiger partial charge < -0.3 is 29.3 Å². The average Bonchev–Trinajstić information content (AvgIpc) is 3.36. The molecule has 196 valence electrons. The highest BCUT2D eigenvalue weighted by molar-refractivity contribution is 5.73. The topological polar surface area (TPSA) is 110 Å². The Labute approximate surface area is 216 Å². The molecular formula is C28H34N4O5. The summed E-state index contributed by atoms with van der Waals surface area (Å²) in [6, 6.07) is 14.3. The fraction of sp³-hybridized carbons (Fsp3) is 0.464. The largest absolute Gasteiger partial charge is 0.465 e. The van der Waals surface area contributed by atoms with E-state index in [1.54, 1.807) is 0 Å². The van der Waals surface area contributed by atoms with Gasteiger partial charge in [-0.2, -0.15) is 4.98 Å². The number of rotatable bonds is 7. The van der Waals surface area contributed by atoms with Gasteiger partial charge in [0.1, 0.15) is 5.54 Å². The Bertz CT molecular complexity index is 1240. The number of hydrogen-bond acceptors (Lipinski definition) is 7. The molecule has 9 nitrogen and oxygen atoms in total. The number of fused-ring (bicyclic) bond motifs is 1. The molecule has 0 radical (unpaired) electrons. The van der Waals surface area contributed by atoms with Crippen LogP contribution in [0.4, 0.5) is 10.5 Å². The lowest BCUT2D eigenvalue weighted by Gasteiger charge is -2.46. The third-order valence-corrected chi connectivity index (χ3v) is 7.01. The Morgan fingerprint density at radius 1 is 1.14 bits per heavy atom. The molecule has 2 aromatic carbocycles. The van der Waals surface area contributed by atoms with Gasteiger partial charge in [0.15, 0.2) is 5.79 Å². The highest BCUT2D eigenvalue weighted by Gasteiger charge is 2.43. The normalized spacial score (nSPS) is 18.3. The van der Waals surface area contributed by atoms with Crippen molar-refractivity contribution in [1.29, 1.82) is 0 Å². The molecule has 1 aromatic heterocycles. The van der Waals surface area contributed by atoms with Crippen LogP contribution in [0, 0.1) is 0 Å². The van der Waals surface area contributed by atoms with E-state index in [4.69, 9.17) is 19.0 Å². The van der Waals surface area contributed by atoms with Gasteiger partial charge >= 0.3 is 6.09 Å². The molecule has 2 N–H and O–H groups in total. The minimum absolute atomic E-state index is 0.225. The van der Waals surface area contributed by atoms with Crippen LogP contribution in [0.2, 0.25) is 0 Å². The van der Waals surface area contributed by atoms with Crippen LogP contribution in [0.25, 0.3) is 22.8 Å². The van der Waals surface area contributed by atoms with E-state index in [0.717, 1.165) is 54.6 Å². The van der Waals surface area contributed by atoms with Crippen LogP contribution in [-0.2, 0) is 22.3 Å². The number of aromatic nitrogens is 2. The summed E-state index contributed by atoms with van der Waals surface area (Å²) < 4.78 is 17.4. The first-order chi connectivity index (χ1) is 17.8. The number of aryl methyl sites for hydroxylation is 1. The van der Waals surface area contributed by atoms with Gasteiger partial charge in [0.25, 0.3) is 5.89 Å². The molecule has 9 heteroatoms. The molecule has 1 fully saturated rings. The van der Waals surface area contributed by atoms with E-state index in [9.17, 15) is 9.90 Å². The van der Waals surface area contributed by atoms with Gasteiger partial charge in [-0.05, 0) is 62.4 Å². The van der Waals surface area contributed by atoms with Crippen molar-refractivity contribution in [2.45, 2.75) is 57.8 Å². The number of nitrogens with zero attached hydrogens (tertiary/aromatic N) is 3. The van der Waals surface area contributed by atoms with Crippen LogP contribution in [0.1, 0.15) is 44.7 Å². The predicted molar refractivity (Wildman–Crippen MR) is 140 cm³/mol. The summed E-state index contributed by atoms with van der Waals surface area (Å²) in [6.07, 6.45) is 2.84. The molecule has 3 aromatic rings. The second kappa shape index (κ2) is 10.1. The molecule has 3 heterocycles. The second-order valence-corrected chi connectivity index (χ2v) is 10.4. The van der Waals surface area contributed by atoms with Crippen LogP contribution in [0.5, 0.6) is 0 Å². The van der Waals surface area contributed by atoms with Crippen molar-refractivity contribution in [3.05, 3.63) is 53.6 Å². The maximum absolute atomic E-state index is 11.7. The molecule has 1 saturated heterocycles. The smallest absolute Gasteiger partial charge is 0.405 e. The average molecular weight is 507 g/mol. The number of anilines is 1. The standard InChI is InChI=1S/C28H34N4O5/c1-4-7-19-11-13-20(14-12-19)25-29-24(31-37-25)22-8-5-10-23-21(22)9-6-15-32(23)16-28(30-26(33)34)17-35-27(2,3)36-18-28/h5,8,10-14,30H,4,6-7,9,15-18H2,1-3H3,(H,33,34). The number of carboxylic acid groups (broad SMARTS) is 1. The zero-order valence-corrected chi connectivity index (χ0v) is 21.6. The molecule has 2 aliphatic heterocycles. The second-order valence-electron chi connectivity index (χ2n) is 10.4. The van der Waals surface area contributed by atoms with Crippen molar-refractivity contribution in [3.8, 4) is 22.8 Å². The first-order valence-electron chi connectivity index (χ1n) is 12.9. The summed E-state index contributed by atoms with van der Waals surface area (Å²) in [5, 5.41) is 16.5. The lowest BCUT2D eigenvalue weighted by atomic mass is 9.93. The van der Waals surface area contributed by atoms with E-state index in [0.29, 0.717) is 18.3 Å². The zero-order valence-electron chi connectivity index (χ0n) is 21.6. The van der Waals surface area contributed by atoms with Gasteiger partial charge in [0.05, 0.1) is 13.2 Å². The Kier molecular flexibility index (Phi) is 6.92. The Morgan fingerprint density at radius 2 is 1.89 bits per heavy atom. The zero-order chi connectivity index (χ0) is 26.0. The summed E-state index contributed by atoms with van der Waals surface area (Å²) in [7, 11) is 0. The maximum Gasteiger partial charge on any atom is 0.405 e. The SMILES string of the molecule is CCCc1ccc(-c2nc(-c3cccc4c3CCCN4CC3(NC(=O)O)COC(C)(C)OC3)no2)cc1. The van der Waals surface area contributed by atoms with Crippen LogP contribution < -0.4 is 10.2 Å². The van der Waals surface area contributed by atoms with Crippen LogP contribution in [0.15, 0.2) is 47.0 Å². The lowest BCUT2D eigenvalue weighted by molar-refractivity contribution is -0.268. The van der Waals surface area contributed by atoms with Gasteiger partial charge in [-0.1, -0.05) is 42.8 Å². The van der Waals surface area contributed by atoms with E-state index in [1.165, 1.54) is 5.56 Å². The van der Waals surface area contributed by atoms with Crippen LogP contribution in [-0.4, -0.2) is 59.0 Å². The summed E-state index contributed by atoms with van der Waals surface area (Å²) in [6.45, 7) is 7.50. The minimum Gasteiger partial charge on any atom is -0.465 e. The molecule has 0 saturated carbocycles. The van der Waals surface area contributed by atoms with E-state index >= 15 is 0 Å². The van der Waals surface area contributed by atoms with Gasteiger partial charge in [-0.25, -0.2) is 4.79 Å². The van der Waals surface area contributed by atoms with Crippen molar-refractivity contribution in [1.82, 2.24) is 15.5 Å². The molecule has 0 atom stereocenters. The van der Waals surface area contributed by atoms with Crippen molar-refractivity contribution in [2.24, 2.45) is 0 Å². The van der Waals surface area contributed by atoms with E-state index < -0.39 is 17.4 Å². The first-order valence-corrected chi connectivity index (χ1v) is 12.9. The van der Waals surface area contributed by atoms with Gasteiger partial charge in [-0.15, -0.1) is 0 Å². The molecule has 0 unspecified atom stereocenters. The number of hydrogen-bond donors (Lipinski definition) is 2. The van der Waals surface area contributed by atoms with Crippen LogP contribution >= 0.6 is 0 Å². The summed E-state index contributed by atoms with van der Waals surface area (Å²) in [5.41, 5.74) is 4.40. The van der Waals surface area contributed by atoms with Gasteiger partial charge in [-0.3, -0.25) is 0 Å². The quantitative estimate of drug-likeness (QED) is 0.466. The molecule has 0 aliphatic carbocycles. The summed E-state index contributed by atoms with van der Waals surface area (Å²) in [4.78, 5) is 18.6. The highest BCUT2D eigenvalue weighted by Crippen LogP contribution is 2.36. The molecule has 0 spiro atoms. The third-order valence-electron chi connectivity index (χ3n) is 7.01. The monoisotopic (exact) mass is 506 g/mol. The molecular weight excluding hydrogens is 472 g/mol. The minimum atomic E-state index is -1.10. The van der Waals surface area contributed by atoms with Crippen molar-refractivity contribution in [3.63, 3.8) is 0 Å². The number of benzene rings is 2. The number of amides is 1. The number of nitrogens with one attached hydrogen (secondary N) is 1. The molecule has 37 heavy (non-hydrogen) atoms.